The molecular weight excluding hydrogens is 258 g/mol. The molecule has 0 atom stereocenters. The van der Waals surface area contributed by atoms with Crippen molar-refractivity contribution in [2.24, 2.45) is 0 Å². The fourth-order valence-corrected chi connectivity index (χ4v) is 2.20. The fourth-order valence-electron chi connectivity index (χ4n) is 2.20. The zero-order valence-corrected chi connectivity index (χ0v) is 11.5. The van der Waals surface area contributed by atoms with Crippen LogP contribution in [-0.2, 0) is 0 Å². The molecule has 0 saturated heterocycles. The summed E-state index contributed by atoms with van der Waals surface area (Å²) < 4.78 is 0. The monoisotopic (exact) mass is 273 g/mol. The van der Waals surface area contributed by atoms with Crippen LogP contribution in [0.2, 0.25) is 0 Å². The van der Waals surface area contributed by atoms with Gasteiger partial charge in [-0.05, 0) is 23.8 Å². The van der Waals surface area contributed by atoms with Gasteiger partial charge in [-0.15, -0.1) is 0 Å². The molecule has 0 radical (unpaired) electrons. The Morgan fingerprint density at radius 1 is 0.810 bits per heavy atom. The lowest BCUT2D eigenvalue weighted by Gasteiger charge is -1.98. The number of allylic oxidation sites excluding steroid dienone is 2. The zero-order valence-electron chi connectivity index (χ0n) is 11.5. The predicted octanol–water partition coefficient (Wildman–Crippen LogP) is 4.25. The van der Waals surface area contributed by atoms with E-state index in [9.17, 15) is 4.79 Å². The quantitative estimate of drug-likeness (QED) is 0.711. The van der Waals surface area contributed by atoms with Crippen molar-refractivity contribution >= 4 is 23.1 Å². The van der Waals surface area contributed by atoms with Crippen LogP contribution in [0.15, 0.2) is 77.7 Å². The molecule has 0 unspecified atom stereocenters. The van der Waals surface area contributed by atoms with Crippen molar-refractivity contribution in [3.8, 4) is 0 Å². The van der Waals surface area contributed by atoms with Crippen molar-refractivity contribution in [3.63, 3.8) is 0 Å². The van der Waals surface area contributed by atoms with E-state index in [-0.39, 0.29) is 5.43 Å². The number of aromatic amines is 1. The Kier molecular flexibility index (Phi) is 3.79. The molecule has 0 aliphatic rings. The van der Waals surface area contributed by atoms with Crippen molar-refractivity contribution in [3.05, 3.63) is 94.3 Å². The van der Waals surface area contributed by atoms with Crippen LogP contribution in [-0.4, -0.2) is 4.98 Å². The number of hydrogen-bond donors (Lipinski definition) is 1. The fraction of sp³-hybridized carbons (Fsp3) is 0. The third-order valence-corrected chi connectivity index (χ3v) is 3.29. The van der Waals surface area contributed by atoms with Crippen LogP contribution >= 0.6 is 0 Å². The topological polar surface area (TPSA) is 32.9 Å². The van der Waals surface area contributed by atoms with Gasteiger partial charge >= 0.3 is 0 Å². The maximum atomic E-state index is 12.3. The van der Waals surface area contributed by atoms with Gasteiger partial charge in [-0.25, -0.2) is 0 Å². The SMILES string of the molecule is O=c1c(/C=C/C=C/c2ccccc2)c[nH]c2ccccc12. The van der Waals surface area contributed by atoms with Gasteiger partial charge in [0.2, 0.25) is 0 Å². The maximum absolute atomic E-state index is 12.3. The second kappa shape index (κ2) is 6.06. The third-order valence-electron chi connectivity index (χ3n) is 3.29. The van der Waals surface area contributed by atoms with E-state index in [2.05, 4.69) is 4.98 Å². The highest BCUT2D eigenvalue weighted by atomic mass is 16.1. The third kappa shape index (κ3) is 3.00. The highest BCUT2D eigenvalue weighted by Crippen LogP contribution is 2.08. The molecule has 102 valence electrons. The van der Waals surface area contributed by atoms with Crippen LogP contribution in [0.5, 0.6) is 0 Å². The molecule has 0 amide bonds. The van der Waals surface area contributed by atoms with Crippen molar-refractivity contribution in [2.45, 2.75) is 0 Å². The molecule has 2 heteroatoms. The van der Waals surface area contributed by atoms with Gasteiger partial charge in [0.25, 0.3) is 0 Å². The van der Waals surface area contributed by atoms with Crippen LogP contribution in [0.25, 0.3) is 23.1 Å². The normalized spacial score (nSPS) is 11.6. The lowest BCUT2D eigenvalue weighted by atomic mass is 10.1. The molecule has 2 nitrogen and oxygen atoms in total. The lowest BCUT2D eigenvalue weighted by Crippen LogP contribution is -2.05. The number of H-pyrrole nitrogens is 1. The van der Waals surface area contributed by atoms with Crippen molar-refractivity contribution < 1.29 is 0 Å². The predicted molar refractivity (Wildman–Crippen MR) is 89.1 cm³/mol. The average Bonchev–Trinajstić information content (AvgIpc) is 2.55. The number of aromatic nitrogens is 1. The second-order valence-corrected chi connectivity index (χ2v) is 4.75. The van der Waals surface area contributed by atoms with Gasteiger partial charge in [-0.1, -0.05) is 60.7 Å². The van der Waals surface area contributed by atoms with Gasteiger partial charge < -0.3 is 4.98 Å². The van der Waals surface area contributed by atoms with Gasteiger partial charge in [0.15, 0.2) is 5.43 Å². The van der Waals surface area contributed by atoms with E-state index in [1.54, 1.807) is 6.20 Å². The minimum Gasteiger partial charge on any atom is -0.360 e. The zero-order chi connectivity index (χ0) is 14.5. The second-order valence-electron chi connectivity index (χ2n) is 4.75. The van der Waals surface area contributed by atoms with E-state index in [1.807, 2.05) is 78.9 Å². The number of nitrogens with one attached hydrogen (secondary N) is 1. The summed E-state index contributed by atoms with van der Waals surface area (Å²) in [5.74, 6) is 0. The Balaban J connectivity index is 1.85. The van der Waals surface area contributed by atoms with Crippen LogP contribution in [0.1, 0.15) is 11.1 Å². The van der Waals surface area contributed by atoms with E-state index in [0.717, 1.165) is 11.1 Å². The molecule has 0 saturated carbocycles. The molecule has 3 rings (SSSR count). The van der Waals surface area contributed by atoms with Gasteiger partial charge in [-0.3, -0.25) is 4.79 Å². The summed E-state index contributed by atoms with van der Waals surface area (Å²) in [6.07, 6.45) is 9.39. The molecule has 3 aromatic rings. The molecule has 1 N–H and O–H groups in total. The van der Waals surface area contributed by atoms with E-state index in [4.69, 9.17) is 0 Å². The number of pyridine rings is 1. The van der Waals surface area contributed by atoms with Crippen LogP contribution < -0.4 is 5.43 Å². The highest BCUT2D eigenvalue weighted by Gasteiger charge is 2.00. The van der Waals surface area contributed by atoms with Gasteiger partial charge in [0.05, 0.1) is 0 Å². The van der Waals surface area contributed by atoms with Crippen molar-refractivity contribution in [2.75, 3.05) is 0 Å². The Labute approximate surface area is 123 Å². The highest BCUT2D eigenvalue weighted by molar-refractivity contribution is 5.80. The molecule has 0 fully saturated rings. The molecule has 0 aliphatic heterocycles. The van der Waals surface area contributed by atoms with Crippen LogP contribution in [0, 0.1) is 0 Å². The Bertz CT molecular complexity index is 857. The minimum absolute atomic E-state index is 0.0497. The molecular formula is C19H15NO. The molecule has 1 aromatic heterocycles. The van der Waals surface area contributed by atoms with E-state index in [1.165, 1.54) is 0 Å². The number of fused-ring (bicyclic) bond motifs is 1. The molecule has 0 spiro atoms. The molecule has 0 bridgehead atoms. The molecule has 2 aromatic carbocycles. The Morgan fingerprint density at radius 2 is 1.52 bits per heavy atom. The van der Waals surface area contributed by atoms with Gasteiger partial charge in [-0.2, -0.15) is 0 Å². The number of hydrogen-bond acceptors (Lipinski definition) is 1. The summed E-state index contributed by atoms with van der Waals surface area (Å²) in [5.41, 5.74) is 2.70. The number of para-hydroxylation sites is 1. The first-order valence-electron chi connectivity index (χ1n) is 6.85. The van der Waals surface area contributed by atoms with Crippen molar-refractivity contribution in [1.82, 2.24) is 4.98 Å². The van der Waals surface area contributed by atoms with Gasteiger partial charge in [0, 0.05) is 22.7 Å². The largest absolute Gasteiger partial charge is 0.360 e. The van der Waals surface area contributed by atoms with E-state index >= 15 is 0 Å². The van der Waals surface area contributed by atoms with Gasteiger partial charge in [0.1, 0.15) is 0 Å². The summed E-state index contributed by atoms with van der Waals surface area (Å²) in [6.45, 7) is 0. The first-order valence-corrected chi connectivity index (χ1v) is 6.85. The number of rotatable bonds is 3. The molecule has 0 aliphatic carbocycles. The standard InChI is InChI=1S/C19H15NO/c21-19-16(14-20-18-13-7-6-12-17(18)19)11-5-4-10-15-8-2-1-3-9-15/h1-14H,(H,20,21)/b10-4+,11-5+. The smallest absolute Gasteiger partial charge is 0.196 e. The first kappa shape index (κ1) is 13.1. The maximum Gasteiger partial charge on any atom is 0.196 e. The summed E-state index contributed by atoms with van der Waals surface area (Å²) in [6, 6.07) is 17.6. The number of benzene rings is 2. The van der Waals surface area contributed by atoms with E-state index in [0.29, 0.717) is 10.9 Å². The Morgan fingerprint density at radius 3 is 2.38 bits per heavy atom. The van der Waals surface area contributed by atoms with Crippen LogP contribution in [0.4, 0.5) is 0 Å². The van der Waals surface area contributed by atoms with E-state index < -0.39 is 0 Å². The summed E-state index contributed by atoms with van der Waals surface area (Å²) in [4.78, 5) is 15.4. The summed E-state index contributed by atoms with van der Waals surface area (Å²) in [5, 5.41) is 0.715. The summed E-state index contributed by atoms with van der Waals surface area (Å²) in [7, 11) is 0. The first-order chi connectivity index (χ1) is 10.3. The minimum atomic E-state index is 0.0497. The molecule has 21 heavy (non-hydrogen) atoms. The average molecular weight is 273 g/mol. The van der Waals surface area contributed by atoms with Crippen LogP contribution in [0.3, 0.4) is 0 Å². The Hall–Kier alpha value is -2.87. The van der Waals surface area contributed by atoms with Crippen molar-refractivity contribution in [1.29, 1.82) is 0 Å². The lowest BCUT2D eigenvalue weighted by molar-refractivity contribution is 1.37. The summed E-state index contributed by atoms with van der Waals surface area (Å²) >= 11 is 0. The molecule has 1 heterocycles.